The van der Waals surface area contributed by atoms with Crippen LogP contribution in [0.25, 0.3) is 0 Å². The van der Waals surface area contributed by atoms with E-state index >= 15 is 0 Å². The zero-order chi connectivity index (χ0) is 12.1. The number of hydrogen-bond acceptors (Lipinski definition) is 2. The summed E-state index contributed by atoms with van der Waals surface area (Å²) in [7, 11) is 0. The number of benzene rings is 1. The normalized spacial score (nSPS) is 32.4. The monoisotopic (exact) mass is 314 g/mol. The van der Waals surface area contributed by atoms with E-state index < -0.39 is 0 Å². The van der Waals surface area contributed by atoms with E-state index in [2.05, 4.69) is 29.2 Å². The zero-order valence-electron chi connectivity index (χ0n) is 11.7. The molecule has 1 saturated heterocycles. The molecule has 1 unspecified atom stereocenters. The molecule has 0 aromatic heterocycles. The average molecular weight is 315 g/mol. The third-order valence-electron chi connectivity index (χ3n) is 5.48. The lowest BCUT2D eigenvalue weighted by molar-refractivity contribution is 0.105. The fraction of sp³-hybridized carbons (Fsp3) is 0.625. The minimum Gasteiger partial charge on any atom is -0.327 e. The van der Waals surface area contributed by atoms with E-state index in [0.29, 0.717) is 6.04 Å². The zero-order valence-corrected chi connectivity index (χ0v) is 13.3. The summed E-state index contributed by atoms with van der Waals surface area (Å²) in [5, 5.41) is 0. The maximum Gasteiger partial charge on any atom is 0.0176 e. The van der Waals surface area contributed by atoms with Crippen LogP contribution in [0.15, 0.2) is 24.3 Å². The Hall–Kier alpha value is -0.280. The Labute approximate surface area is 133 Å². The molecule has 112 valence electrons. The third-order valence-corrected chi connectivity index (χ3v) is 5.48. The van der Waals surface area contributed by atoms with Gasteiger partial charge >= 0.3 is 0 Å². The van der Waals surface area contributed by atoms with Crippen molar-refractivity contribution >= 4 is 24.8 Å². The van der Waals surface area contributed by atoms with E-state index in [1.807, 2.05) is 0 Å². The summed E-state index contributed by atoms with van der Waals surface area (Å²) >= 11 is 0. The molecule has 2 fully saturated rings. The number of likely N-dealkylation sites (tertiary alicyclic amines) is 1. The van der Waals surface area contributed by atoms with Crippen molar-refractivity contribution in [3.05, 3.63) is 35.4 Å². The van der Waals surface area contributed by atoms with E-state index in [-0.39, 0.29) is 24.8 Å². The van der Waals surface area contributed by atoms with Crippen molar-refractivity contribution in [1.29, 1.82) is 0 Å². The van der Waals surface area contributed by atoms with Crippen LogP contribution in [-0.4, -0.2) is 30.1 Å². The second-order valence-electron chi connectivity index (χ2n) is 6.46. The van der Waals surface area contributed by atoms with Crippen molar-refractivity contribution in [1.82, 2.24) is 4.90 Å². The standard InChI is InChI=1S/C16H22N2.2ClH/c17-16-13-5-6-14(16)10-18(9-13)15-7-11-3-1-2-4-12(11)8-15;;/h1-4,13-16H,5-10,17H2;2*1H/t13-,14+,16?;;. The number of piperidine rings is 1. The van der Waals surface area contributed by atoms with Gasteiger partial charge in [0.2, 0.25) is 0 Å². The van der Waals surface area contributed by atoms with Crippen LogP contribution in [0.4, 0.5) is 0 Å². The summed E-state index contributed by atoms with van der Waals surface area (Å²) in [6.45, 7) is 2.49. The van der Waals surface area contributed by atoms with Crippen molar-refractivity contribution in [3.63, 3.8) is 0 Å². The van der Waals surface area contributed by atoms with Gasteiger partial charge in [0.15, 0.2) is 0 Å². The lowest BCUT2D eigenvalue weighted by Gasteiger charge is -2.39. The molecule has 20 heavy (non-hydrogen) atoms. The maximum atomic E-state index is 6.30. The fourth-order valence-corrected chi connectivity index (χ4v) is 4.39. The number of nitrogens with zero attached hydrogens (tertiary/aromatic N) is 1. The van der Waals surface area contributed by atoms with Crippen LogP contribution in [0.1, 0.15) is 24.0 Å². The van der Waals surface area contributed by atoms with Gasteiger partial charge in [0.1, 0.15) is 0 Å². The Morgan fingerprint density at radius 3 is 1.90 bits per heavy atom. The molecule has 1 aromatic rings. The Morgan fingerprint density at radius 2 is 1.40 bits per heavy atom. The van der Waals surface area contributed by atoms with Crippen molar-refractivity contribution in [3.8, 4) is 0 Å². The molecule has 1 aliphatic heterocycles. The molecule has 2 nitrogen and oxygen atoms in total. The minimum atomic E-state index is 0. The lowest BCUT2D eigenvalue weighted by atomic mass is 9.91. The molecule has 3 atom stereocenters. The molecule has 3 aliphatic rings. The van der Waals surface area contributed by atoms with E-state index in [9.17, 15) is 0 Å². The molecule has 2 N–H and O–H groups in total. The van der Waals surface area contributed by atoms with Gasteiger partial charge < -0.3 is 5.73 Å². The van der Waals surface area contributed by atoms with Gasteiger partial charge in [0.25, 0.3) is 0 Å². The van der Waals surface area contributed by atoms with Crippen LogP contribution in [0.3, 0.4) is 0 Å². The van der Waals surface area contributed by atoms with Crippen LogP contribution < -0.4 is 5.73 Å². The largest absolute Gasteiger partial charge is 0.327 e. The SMILES string of the molecule is Cl.Cl.NC1[C@@H]2CC[C@H]1CN(C1Cc3ccccc3C1)C2. The highest BCUT2D eigenvalue weighted by molar-refractivity contribution is 5.85. The first-order valence-electron chi connectivity index (χ1n) is 7.37. The number of rotatable bonds is 1. The smallest absolute Gasteiger partial charge is 0.0176 e. The molecule has 2 aliphatic carbocycles. The first-order valence-corrected chi connectivity index (χ1v) is 7.37. The van der Waals surface area contributed by atoms with Gasteiger partial charge in [-0.3, -0.25) is 4.90 Å². The minimum absolute atomic E-state index is 0. The molecule has 1 heterocycles. The Kier molecular flexibility index (Phi) is 5.01. The highest BCUT2D eigenvalue weighted by Gasteiger charge is 2.42. The number of hydrogen-bond donors (Lipinski definition) is 1. The number of fused-ring (bicyclic) bond motifs is 3. The predicted octanol–water partition coefficient (Wildman–Crippen LogP) is 2.67. The summed E-state index contributed by atoms with van der Waals surface area (Å²) in [4.78, 5) is 2.74. The molecule has 4 rings (SSSR count). The number of halogens is 2. The summed E-state index contributed by atoms with van der Waals surface area (Å²) in [5.41, 5.74) is 9.45. The summed E-state index contributed by atoms with van der Waals surface area (Å²) in [6, 6.07) is 10.2. The molecular weight excluding hydrogens is 291 g/mol. The Bertz CT molecular complexity index is 427. The highest BCUT2D eigenvalue weighted by Crippen LogP contribution is 2.38. The average Bonchev–Trinajstić information content (AvgIpc) is 2.87. The van der Waals surface area contributed by atoms with Gasteiger partial charge in [0.05, 0.1) is 0 Å². The highest BCUT2D eigenvalue weighted by atomic mass is 35.5. The molecule has 2 bridgehead atoms. The van der Waals surface area contributed by atoms with Crippen LogP contribution in [0, 0.1) is 11.8 Å². The second kappa shape index (κ2) is 6.23. The first kappa shape index (κ1) is 16.1. The maximum absolute atomic E-state index is 6.30. The first-order chi connectivity index (χ1) is 8.81. The van der Waals surface area contributed by atoms with Gasteiger partial charge in [-0.15, -0.1) is 24.8 Å². The van der Waals surface area contributed by atoms with Crippen LogP contribution in [0.5, 0.6) is 0 Å². The van der Waals surface area contributed by atoms with E-state index in [1.165, 1.54) is 38.8 Å². The van der Waals surface area contributed by atoms with Gasteiger partial charge in [-0.25, -0.2) is 0 Å². The van der Waals surface area contributed by atoms with Crippen LogP contribution in [0.2, 0.25) is 0 Å². The topological polar surface area (TPSA) is 29.3 Å². The Balaban J connectivity index is 0.000000735. The molecule has 4 heteroatoms. The van der Waals surface area contributed by atoms with Crippen molar-refractivity contribution in [2.75, 3.05) is 13.1 Å². The van der Waals surface area contributed by atoms with E-state index in [4.69, 9.17) is 5.73 Å². The summed E-state index contributed by atoms with van der Waals surface area (Å²) < 4.78 is 0. The van der Waals surface area contributed by atoms with Crippen molar-refractivity contribution < 1.29 is 0 Å². The van der Waals surface area contributed by atoms with Gasteiger partial charge in [0, 0.05) is 25.2 Å². The van der Waals surface area contributed by atoms with Crippen LogP contribution >= 0.6 is 24.8 Å². The second-order valence-corrected chi connectivity index (χ2v) is 6.46. The number of nitrogens with two attached hydrogens (primary N) is 1. The molecule has 0 spiro atoms. The molecule has 1 saturated carbocycles. The molecule has 0 radical (unpaired) electrons. The predicted molar refractivity (Wildman–Crippen MR) is 87.9 cm³/mol. The van der Waals surface area contributed by atoms with E-state index in [1.54, 1.807) is 11.1 Å². The lowest BCUT2D eigenvalue weighted by Crippen LogP contribution is -2.52. The van der Waals surface area contributed by atoms with Crippen molar-refractivity contribution in [2.45, 2.75) is 37.8 Å². The fourth-order valence-electron chi connectivity index (χ4n) is 4.39. The quantitative estimate of drug-likeness (QED) is 0.863. The summed E-state index contributed by atoms with van der Waals surface area (Å²) in [6.07, 6.45) is 5.24. The van der Waals surface area contributed by atoms with Gasteiger partial charge in [-0.05, 0) is 48.6 Å². The Morgan fingerprint density at radius 1 is 0.900 bits per heavy atom. The van der Waals surface area contributed by atoms with Gasteiger partial charge in [-0.2, -0.15) is 0 Å². The third kappa shape index (κ3) is 2.59. The van der Waals surface area contributed by atoms with Crippen LogP contribution in [-0.2, 0) is 12.8 Å². The van der Waals surface area contributed by atoms with E-state index in [0.717, 1.165) is 17.9 Å². The molecule has 1 aromatic carbocycles. The van der Waals surface area contributed by atoms with Gasteiger partial charge in [-0.1, -0.05) is 24.3 Å². The molecular formula is C16H24Cl2N2. The molecule has 0 amide bonds. The van der Waals surface area contributed by atoms with Crippen molar-refractivity contribution in [2.24, 2.45) is 17.6 Å². The summed E-state index contributed by atoms with van der Waals surface area (Å²) in [5.74, 6) is 1.54.